The molecule has 410 valence electrons. The molecule has 5 nitrogen and oxygen atoms in total. The summed E-state index contributed by atoms with van der Waals surface area (Å²) in [5.41, 5.74) is 22.3. The van der Waals surface area contributed by atoms with E-state index >= 15 is 0 Å². The van der Waals surface area contributed by atoms with Gasteiger partial charge in [0.25, 0.3) is 6.33 Å². The van der Waals surface area contributed by atoms with Crippen molar-refractivity contribution in [2.24, 2.45) is 0 Å². The van der Waals surface area contributed by atoms with E-state index in [1.54, 1.807) is 0 Å². The van der Waals surface area contributed by atoms with Crippen LogP contribution >= 0.6 is 0 Å². The Morgan fingerprint density at radius 2 is 1.00 bits per heavy atom. The molecule has 3 aromatic heterocycles. The van der Waals surface area contributed by atoms with Crippen molar-refractivity contribution in [2.75, 3.05) is 0 Å². The minimum atomic E-state index is -0.0923. The molecule has 0 N–H and O–H groups in total. The predicted molar refractivity (Wildman–Crippen MR) is 336 cm³/mol. The number of hydrogen-bond acceptors (Lipinski definition) is 2. The maximum Gasteiger partial charge on any atom is 0.268 e. The summed E-state index contributed by atoms with van der Waals surface area (Å²) in [6.07, 6.45) is 5.94. The van der Waals surface area contributed by atoms with E-state index < -0.39 is 0 Å². The third-order valence-electron chi connectivity index (χ3n) is 16.4. The Morgan fingerprint density at radius 1 is 0.415 bits per heavy atom. The molecule has 0 saturated heterocycles. The summed E-state index contributed by atoms with van der Waals surface area (Å²) in [5.74, 6) is 1.99. The molecule has 0 bridgehead atoms. The van der Waals surface area contributed by atoms with Crippen LogP contribution in [-0.4, -0.2) is 14.1 Å². The van der Waals surface area contributed by atoms with Gasteiger partial charge in [-0.25, -0.2) is 4.98 Å². The monoisotopic (exact) mass is 1250 g/mol. The predicted octanol–water partition coefficient (Wildman–Crippen LogP) is 19.4. The van der Waals surface area contributed by atoms with Crippen LogP contribution in [0.3, 0.4) is 0 Å². The molecule has 0 saturated carbocycles. The Hall–Kier alpha value is -8.11. The van der Waals surface area contributed by atoms with Gasteiger partial charge in [0.15, 0.2) is 0 Å². The molecule has 12 aromatic rings. The van der Waals surface area contributed by atoms with Gasteiger partial charge in [-0.2, -0.15) is 18.2 Å². The molecule has 0 unspecified atom stereocenters. The molecule has 13 rings (SSSR count). The molecule has 0 spiro atoms. The van der Waals surface area contributed by atoms with Gasteiger partial charge in [0.2, 0.25) is 0 Å². The van der Waals surface area contributed by atoms with Crippen molar-refractivity contribution >= 4 is 32.8 Å². The summed E-state index contributed by atoms with van der Waals surface area (Å²) >= 11 is 0. The first-order chi connectivity index (χ1) is 38.7. The molecular weight excluding hydrogens is 1180 g/mol. The van der Waals surface area contributed by atoms with Gasteiger partial charge in [-0.05, 0) is 135 Å². The molecule has 0 radical (unpaired) electrons. The van der Waals surface area contributed by atoms with Crippen LogP contribution in [0.1, 0.15) is 105 Å². The van der Waals surface area contributed by atoms with Crippen LogP contribution in [0.2, 0.25) is 0 Å². The van der Waals surface area contributed by atoms with Gasteiger partial charge in [-0.15, -0.1) is 29.7 Å². The van der Waals surface area contributed by atoms with Crippen molar-refractivity contribution in [3.05, 3.63) is 235 Å². The zero-order valence-corrected chi connectivity index (χ0v) is 51.3. The summed E-state index contributed by atoms with van der Waals surface area (Å²) in [6.45, 7) is 27.4. The van der Waals surface area contributed by atoms with E-state index in [2.05, 4.69) is 285 Å². The number of benzene rings is 9. The van der Waals surface area contributed by atoms with Gasteiger partial charge < -0.3 is 13.9 Å². The van der Waals surface area contributed by atoms with Crippen LogP contribution in [-0.2, 0) is 42.7 Å². The number of aromatic nitrogens is 4. The van der Waals surface area contributed by atoms with Gasteiger partial charge in [-0.1, -0.05) is 222 Å². The van der Waals surface area contributed by atoms with E-state index in [-0.39, 0.29) is 42.7 Å². The maximum atomic E-state index is 6.84. The summed E-state index contributed by atoms with van der Waals surface area (Å²) < 4.78 is 13.5. The molecule has 9 aromatic carbocycles. The second-order valence-electron chi connectivity index (χ2n) is 26.2. The Bertz CT molecular complexity index is 4440. The van der Waals surface area contributed by atoms with Crippen LogP contribution in [0.25, 0.3) is 106 Å². The zero-order chi connectivity index (χ0) is 56.3. The van der Waals surface area contributed by atoms with Crippen molar-refractivity contribution < 1.29 is 30.4 Å². The Labute approximate surface area is 498 Å². The van der Waals surface area contributed by atoms with Crippen LogP contribution in [0.15, 0.2) is 194 Å². The minimum Gasteiger partial charge on any atom is -0.510 e. The first-order valence-electron chi connectivity index (χ1n) is 28.4. The molecule has 1 aliphatic rings. The fourth-order valence-electron chi connectivity index (χ4n) is 11.8. The van der Waals surface area contributed by atoms with E-state index in [1.807, 2.05) is 24.4 Å². The number of ether oxygens (including phenoxy) is 1. The van der Waals surface area contributed by atoms with Crippen molar-refractivity contribution in [1.29, 1.82) is 0 Å². The standard InChI is InChI=1S/C76H68N4O.Pt/c1-73(2,3)51-33-30-48(31-34-51)49-32-36-61-59-22-13-14-23-60(59)64-27-19-29-68-72(64)79(71-58(25-18-26-65(71)66(61)42-49)50-40-53(75(7,8)9)43-54(41-50)76(10,11)12)47-78(68)55-20-17-21-56(45-55)81-57-35-37-63-62-24-15-16-28-67(62)80(69(63)46-57)70-44-52(38-39-77-70)74(4,5)6;/h13-44H,1-12H3;/q-2;. The van der Waals surface area contributed by atoms with Gasteiger partial charge in [-0.3, -0.25) is 4.57 Å². The fourth-order valence-corrected chi connectivity index (χ4v) is 11.8. The van der Waals surface area contributed by atoms with Gasteiger partial charge in [0.1, 0.15) is 5.82 Å². The molecule has 0 amide bonds. The summed E-state index contributed by atoms with van der Waals surface area (Å²) in [7, 11) is 0. The third kappa shape index (κ3) is 9.61. The molecule has 82 heavy (non-hydrogen) atoms. The number of para-hydroxylation sites is 3. The average molecular weight is 1250 g/mol. The second kappa shape index (κ2) is 20.1. The van der Waals surface area contributed by atoms with Crippen molar-refractivity contribution in [3.63, 3.8) is 0 Å². The number of imidazole rings is 1. The molecule has 0 atom stereocenters. The number of nitrogens with zero attached hydrogens (tertiary/aromatic N) is 4. The number of hydrogen-bond donors (Lipinski definition) is 0. The summed E-state index contributed by atoms with van der Waals surface area (Å²) in [6, 6.07) is 76.3. The normalized spacial score (nSPS) is 12.5. The van der Waals surface area contributed by atoms with Crippen molar-refractivity contribution in [3.8, 4) is 84.3 Å². The number of pyridine rings is 1. The summed E-state index contributed by atoms with van der Waals surface area (Å²) in [5, 5.41) is 2.21. The Morgan fingerprint density at radius 3 is 1.72 bits per heavy atom. The smallest absolute Gasteiger partial charge is 0.268 e. The Balaban J connectivity index is 0.00000665. The van der Waals surface area contributed by atoms with Gasteiger partial charge in [0, 0.05) is 44.3 Å². The molecule has 6 heteroatoms. The maximum absolute atomic E-state index is 6.84. The van der Waals surface area contributed by atoms with Gasteiger partial charge >= 0.3 is 0 Å². The molecular formula is C76H68N4OPt-2. The van der Waals surface area contributed by atoms with Crippen molar-refractivity contribution in [1.82, 2.24) is 14.1 Å². The molecule has 4 heterocycles. The zero-order valence-electron chi connectivity index (χ0n) is 49.0. The quantitative estimate of drug-likeness (QED) is 0.123. The van der Waals surface area contributed by atoms with E-state index in [0.717, 1.165) is 83.4 Å². The van der Waals surface area contributed by atoms with Gasteiger partial charge in [0.05, 0.1) is 16.7 Å². The largest absolute Gasteiger partial charge is 0.510 e. The third-order valence-corrected chi connectivity index (χ3v) is 16.4. The van der Waals surface area contributed by atoms with Crippen LogP contribution in [0.5, 0.6) is 11.5 Å². The van der Waals surface area contributed by atoms with Crippen LogP contribution in [0, 0.1) is 18.5 Å². The van der Waals surface area contributed by atoms with E-state index in [9.17, 15) is 0 Å². The molecule has 0 fully saturated rings. The van der Waals surface area contributed by atoms with Crippen LogP contribution in [0.4, 0.5) is 0 Å². The average Bonchev–Trinajstić information content (AvgIpc) is 3.85. The minimum absolute atomic E-state index is 0. The number of fused-ring (bicyclic) bond motifs is 10. The van der Waals surface area contributed by atoms with Crippen molar-refractivity contribution in [2.45, 2.75) is 105 Å². The van der Waals surface area contributed by atoms with E-state index in [1.165, 1.54) is 44.5 Å². The molecule has 0 aliphatic carbocycles. The topological polar surface area (TPSA) is 35.9 Å². The fraction of sp³-hybridized carbons (Fsp3) is 0.211. The molecule has 1 aliphatic heterocycles. The first-order valence-corrected chi connectivity index (χ1v) is 28.4. The second-order valence-corrected chi connectivity index (χ2v) is 26.2. The van der Waals surface area contributed by atoms with E-state index in [0.29, 0.717) is 11.5 Å². The number of rotatable bonds is 6. The van der Waals surface area contributed by atoms with Crippen LogP contribution < -0.4 is 9.30 Å². The first kappa shape index (κ1) is 54.5. The SMILES string of the molecule is CC(C)(C)c1ccc(-c2ccc3c(c2)-c2cccc(-c4cc(C(C)(C)C)cc(C(C)(C)C)c4)c2-[n+]2[c-]n(-c4[c-]c(Oc5[c-]c6c(cc5)c5ccccc5n6-c5cc(C(C)(C)C)ccn5)ccc4)c4cccc(c42)-c2ccccc2-3)cc1.[Pt]. The summed E-state index contributed by atoms with van der Waals surface area (Å²) in [4.78, 5) is 4.92. The Kier molecular flexibility index (Phi) is 13.4. The van der Waals surface area contributed by atoms with E-state index in [4.69, 9.17) is 9.72 Å².